The van der Waals surface area contributed by atoms with Gasteiger partial charge in [0.25, 0.3) is 0 Å². The van der Waals surface area contributed by atoms with Crippen molar-refractivity contribution in [2.45, 2.75) is 44.2 Å². The fourth-order valence-corrected chi connectivity index (χ4v) is 4.56. The molecule has 0 radical (unpaired) electrons. The Morgan fingerprint density at radius 1 is 0.844 bits per heavy atom. The first kappa shape index (κ1) is 23.0. The Morgan fingerprint density at radius 3 is 2.38 bits per heavy atom. The zero-order valence-corrected chi connectivity index (χ0v) is 18.8. The van der Waals surface area contributed by atoms with E-state index in [-0.39, 0.29) is 12.4 Å². The number of benzene rings is 2. The summed E-state index contributed by atoms with van der Waals surface area (Å²) < 4.78 is 25.3. The van der Waals surface area contributed by atoms with Gasteiger partial charge in [-0.25, -0.2) is 4.39 Å². The lowest BCUT2D eigenvalue weighted by atomic mass is 9.96. The van der Waals surface area contributed by atoms with E-state index in [0.717, 1.165) is 45.0 Å². The predicted molar refractivity (Wildman–Crippen MR) is 124 cm³/mol. The summed E-state index contributed by atoms with van der Waals surface area (Å²) >= 11 is 0. The molecule has 6 heteroatoms. The van der Waals surface area contributed by atoms with Gasteiger partial charge in [0.15, 0.2) is 11.6 Å². The van der Waals surface area contributed by atoms with Crippen molar-refractivity contribution in [1.82, 2.24) is 9.80 Å². The van der Waals surface area contributed by atoms with Gasteiger partial charge in [0.2, 0.25) is 0 Å². The molecule has 5 nitrogen and oxygen atoms in total. The third-order valence-electron chi connectivity index (χ3n) is 6.55. The third-order valence-corrected chi connectivity index (χ3v) is 6.55. The second kappa shape index (κ2) is 11.1. The maximum absolute atomic E-state index is 13.8. The highest BCUT2D eigenvalue weighted by atomic mass is 19.1. The van der Waals surface area contributed by atoms with E-state index in [2.05, 4.69) is 34.1 Å². The van der Waals surface area contributed by atoms with Gasteiger partial charge in [-0.3, -0.25) is 9.80 Å². The Bertz CT molecular complexity index is 841. The number of nitrogens with zero attached hydrogens (tertiary/aromatic N) is 2. The molecule has 2 heterocycles. The predicted octanol–water partition coefficient (Wildman–Crippen LogP) is 4.10. The van der Waals surface area contributed by atoms with Crippen LogP contribution in [0.25, 0.3) is 0 Å². The lowest BCUT2D eigenvalue weighted by molar-refractivity contribution is -0.0177. The molecule has 2 aliphatic rings. The summed E-state index contributed by atoms with van der Waals surface area (Å²) in [5.41, 5.74) is 0.314. The number of likely N-dealkylation sites (tertiary alicyclic amines) is 2. The van der Waals surface area contributed by atoms with Crippen LogP contribution in [0.1, 0.15) is 37.7 Å². The van der Waals surface area contributed by atoms with Crippen LogP contribution in [0.15, 0.2) is 48.5 Å². The summed E-state index contributed by atoms with van der Waals surface area (Å²) in [6.45, 7) is 6.80. The van der Waals surface area contributed by atoms with Crippen molar-refractivity contribution in [2.24, 2.45) is 0 Å². The number of para-hydroxylation sites is 1. The maximum atomic E-state index is 13.8. The van der Waals surface area contributed by atoms with E-state index < -0.39 is 11.4 Å². The second-order valence-corrected chi connectivity index (χ2v) is 9.11. The molecule has 0 spiro atoms. The number of aliphatic hydroxyl groups is 1. The number of hydrogen-bond acceptors (Lipinski definition) is 5. The molecule has 0 saturated carbocycles. The highest BCUT2D eigenvalue weighted by molar-refractivity contribution is 5.27. The van der Waals surface area contributed by atoms with E-state index in [9.17, 15) is 9.50 Å². The highest BCUT2D eigenvalue weighted by Gasteiger charge is 2.31. The molecule has 2 fully saturated rings. The van der Waals surface area contributed by atoms with Crippen LogP contribution >= 0.6 is 0 Å². The van der Waals surface area contributed by atoms with Crippen molar-refractivity contribution in [3.8, 4) is 11.5 Å². The summed E-state index contributed by atoms with van der Waals surface area (Å²) in [6.07, 6.45) is 4.76. The molecule has 2 aliphatic heterocycles. The van der Waals surface area contributed by atoms with Gasteiger partial charge >= 0.3 is 0 Å². The van der Waals surface area contributed by atoms with Gasteiger partial charge in [-0.1, -0.05) is 24.3 Å². The molecule has 0 aromatic heterocycles. The fraction of sp³-hybridized carbons (Fsp3) is 0.538. The van der Waals surface area contributed by atoms with Crippen LogP contribution in [-0.2, 0) is 6.54 Å². The van der Waals surface area contributed by atoms with Gasteiger partial charge in [-0.2, -0.15) is 0 Å². The Morgan fingerprint density at radius 2 is 1.59 bits per heavy atom. The topological polar surface area (TPSA) is 45.2 Å². The highest BCUT2D eigenvalue weighted by Crippen LogP contribution is 2.26. The first-order valence-corrected chi connectivity index (χ1v) is 11.9. The van der Waals surface area contributed by atoms with E-state index in [4.69, 9.17) is 9.47 Å². The molecule has 0 amide bonds. The largest absolute Gasteiger partial charge is 0.492 e. The van der Waals surface area contributed by atoms with Crippen LogP contribution in [-0.4, -0.2) is 66.4 Å². The molecule has 174 valence electrons. The van der Waals surface area contributed by atoms with Crippen LogP contribution in [0, 0.1) is 5.82 Å². The Balaban J connectivity index is 1.21. The van der Waals surface area contributed by atoms with E-state index in [0.29, 0.717) is 12.8 Å². The molecule has 0 aliphatic carbocycles. The normalized spacial score (nSPS) is 22.6. The molecule has 32 heavy (non-hydrogen) atoms. The van der Waals surface area contributed by atoms with E-state index in [1.54, 1.807) is 18.2 Å². The third kappa shape index (κ3) is 6.67. The average molecular weight is 443 g/mol. The molecule has 0 bridgehead atoms. The van der Waals surface area contributed by atoms with Crippen LogP contribution in [0.3, 0.4) is 0 Å². The number of halogens is 1. The number of ether oxygens (including phenoxy) is 2. The Kier molecular flexibility index (Phi) is 8.00. The van der Waals surface area contributed by atoms with Gasteiger partial charge < -0.3 is 14.6 Å². The SMILES string of the molecule is O[C@]1(COc2ccccc2F)CCCN(Cc2ccc(OCCN3CCCC3)cc2)CC1. The van der Waals surface area contributed by atoms with Crippen LogP contribution in [0.5, 0.6) is 11.5 Å². The molecule has 2 saturated heterocycles. The minimum atomic E-state index is -0.927. The molecular weight excluding hydrogens is 407 g/mol. The van der Waals surface area contributed by atoms with Crippen molar-refractivity contribution in [2.75, 3.05) is 45.9 Å². The van der Waals surface area contributed by atoms with Crippen LogP contribution in [0.2, 0.25) is 0 Å². The summed E-state index contributed by atoms with van der Waals surface area (Å²) in [5.74, 6) is 0.725. The van der Waals surface area contributed by atoms with Crippen molar-refractivity contribution < 1.29 is 19.0 Å². The number of rotatable bonds is 9. The van der Waals surface area contributed by atoms with Crippen molar-refractivity contribution in [1.29, 1.82) is 0 Å². The van der Waals surface area contributed by atoms with Crippen LogP contribution in [0.4, 0.5) is 4.39 Å². The first-order valence-electron chi connectivity index (χ1n) is 11.9. The van der Waals surface area contributed by atoms with Gasteiger partial charge in [0.1, 0.15) is 19.0 Å². The lowest BCUT2D eigenvalue weighted by Gasteiger charge is -2.27. The summed E-state index contributed by atoms with van der Waals surface area (Å²) in [5, 5.41) is 11.0. The summed E-state index contributed by atoms with van der Waals surface area (Å²) in [7, 11) is 0. The monoisotopic (exact) mass is 442 g/mol. The van der Waals surface area contributed by atoms with Gasteiger partial charge in [-0.05, 0) is 81.6 Å². The molecule has 0 unspecified atom stereocenters. The Labute approximate surface area is 190 Å². The molecular formula is C26H35FN2O3. The molecule has 1 atom stereocenters. The van der Waals surface area contributed by atoms with Gasteiger partial charge in [0, 0.05) is 19.6 Å². The minimum Gasteiger partial charge on any atom is -0.492 e. The summed E-state index contributed by atoms with van der Waals surface area (Å²) in [6, 6.07) is 14.7. The Hall–Kier alpha value is -2.15. The first-order chi connectivity index (χ1) is 15.6. The van der Waals surface area contributed by atoms with Crippen molar-refractivity contribution in [3.05, 3.63) is 59.9 Å². The fourth-order valence-electron chi connectivity index (χ4n) is 4.56. The standard InChI is InChI=1S/C26H35FN2O3/c27-24-6-1-2-7-25(24)32-21-26(30)12-5-16-29(17-13-26)20-22-8-10-23(11-9-22)31-19-18-28-14-3-4-15-28/h1-2,6-11,30H,3-5,12-21H2/t26-/m1/s1. The number of hydrogen-bond donors (Lipinski definition) is 1. The van der Waals surface area contributed by atoms with Crippen molar-refractivity contribution >= 4 is 0 Å². The molecule has 2 aromatic rings. The van der Waals surface area contributed by atoms with Gasteiger partial charge in [0.05, 0.1) is 5.60 Å². The summed E-state index contributed by atoms with van der Waals surface area (Å²) in [4.78, 5) is 4.82. The minimum absolute atomic E-state index is 0.116. The van der Waals surface area contributed by atoms with Crippen LogP contribution < -0.4 is 9.47 Å². The lowest BCUT2D eigenvalue weighted by Crippen LogP contribution is -2.37. The molecule has 1 N–H and O–H groups in total. The van der Waals surface area contributed by atoms with Gasteiger partial charge in [-0.15, -0.1) is 0 Å². The van der Waals surface area contributed by atoms with E-state index in [1.807, 2.05) is 0 Å². The zero-order valence-electron chi connectivity index (χ0n) is 18.8. The average Bonchev–Trinajstić information content (AvgIpc) is 3.25. The maximum Gasteiger partial charge on any atom is 0.165 e. The molecule has 4 rings (SSSR count). The van der Waals surface area contributed by atoms with E-state index >= 15 is 0 Å². The molecule has 2 aromatic carbocycles. The zero-order chi connectivity index (χ0) is 22.2. The quantitative estimate of drug-likeness (QED) is 0.634. The van der Waals surface area contributed by atoms with Crippen molar-refractivity contribution in [3.63, 3.8) is 0 Å². The second-order valence-electron chi connectivity index (χ2n) is 9.11. The smallest absolute Gasteiger partial charge is 0.165 e. The van der Waals surface area contributed by atoms with E-state index in [1.165, 1.54) is 37.6 Å².